The Morgan fingerprint density at radius 1 is 1.50 bits per heavy atom. The maximum atomic E-state index is 12.0. The van der Waals surface area contributed by atoms with Gasteiger partial charge in [-0.3, -0.25) is 4.79 Å². The van der Waals surface area contributed by atoms with Gasteiger partial charge in [0, 0.05) is 19.6 Å². The first-order valence-electron chi connectivity index (χ1n) is 5.70. The molecule has 1 saturated heterocycles. The molecule has 1 aliphatic rings. The Labute approximate surface area is 103 Å². The number of nitrogens with two attached hydrogens (primary N) is 1. The summed E-state index contributed by atoms with van der Waals surface area (Å²) in [6, 6.07) is -0.597. The van der Waals surface area contributed by atoms with E-state index in [1.54, 1.807) is 0 Å². The number of halogens is 2. The molecule has 6 nitrogen and oxygen atoms in total. The lowest BCUT2D eigenvalue weighted by Crippen LogP contribution is -2.48. The molecule has 0 spiro atoms. The molecule has 1 aliphatic heterocycles. The zero-order valence-electron chi connectivity index (χ0n) is 9.81. The summed E-state index contributed by atoms with van der Waals surface area (Å²) in [5.74, 6) is -0.906. The second kappa shape index (κ2) is 6.48. The average Bonchev–Trinajstić information content (AvgIpc) is 2.35. The van der Waals surface area contributed by atoms with E-state index in [1.165, 1.54) is 4.90 Å². The van der Waals surface area contributed by atoms with Gasteiger partial charge in [0.25, 0.3) is 6.43 Å². The number of rotatable bonds is 4. The minimum atomic E-state index is -2.89. The van der Waals surface area contributed by atoms with Gasteiger partial charge in [-0.25, -0.2) is 13.6 Å². The molecule has 3 amide bonds. The molecule has 18 heavy (non-hydrogen) atoms. The van der Waals surface area contributed by atoms with Crippen LogP contribution < -0.4 is 11.1 Å². The lowest BCUT2D eigenvalue weighted by molar-refractivity contribution is -0.127. The van der Waals surface area contributed by atoms with E-state index in [0.29, 0.717) is 19.4 Å². The second-order valence-corrected chi connectivity index (χ2v) is 4.27. The number of aliphatic hydroxyl groups excluding tert-OH is 1. The molecule has 0 bridgehead atoms. The van der Waals surface area contributed by atoms with Crippen LogP contribution in [-0.2, 0) is 4.79 Å². The average molecular weight is 265 g/mol. The molecule has 1 heterocycles. The summed E-state index contributed by atoms with van der Waals surface area (Å²) in [5.41, 5.74) is 5.11. The molecule has 0 saturated carbocycles. The van der Waals surface area contributed by atoms with E-state index in [-0.39, 0.29) is 6.54 Å². The van der Waals surface area contributed by atoms with Gasteiger partial charge in [-0.15, -0.1) is 0 Å². The molecule has 2 atom stereocenters. The Bertz CT molecular complexity index is 315. The van der Waals surface area contributed by atoms with Gasteiger partial charge in [0.2, 0.25) is 5.91 Å². The molecule has 4 N–H and O–H groups in total. The molecular formula is C10H17F2N3O3. The van der Waals surface area contributed by atoms with Crippen LogP contribution in [0, 0.1) is 5.92 Å². The number of carbonyl (C=O) groups is 2. The summed E-state index contributed by atoms with van der Waals surface area (Å²) in [4.78, 5) is 23.9. The van der Waals surface area contributed by atoms with Crippen LogP contribution >= 0.6 is 0 Å². The van der Waals surface area contributed by atoms with Crippen molar-refractivity contribution < 1.29 is 23.5 Å². The number of hydrogen-bond acceptors (Lipinski definition) is 3. The van der Waals surface area contributed by atoms with Gasteiger partial charge in [0.05, 0.1) is 5.92 Å². The summed E-state index contributed by atoms with van der Waals surface area (Å²) < 4.78 is 24.0. The lowest BCUT2D eigenvalue weighted by Gasteiger charge is -2.30. The van der Waals surface area contributed by atoms with Crippen LogP contribution in [0.15, 0.2) is 0 Å². The molecule has 104 valence electrons. The third-order valence-corrected chi connectivity index (χ3v) is 2.88. The van der Waals surface area contributed by atoms with Crippen molar-refractivity contribution in [3.05, 3.63) is 0 Å². The van der Waals surface area contributed by atoms with Gasteiger partial charge < -0.3 is 21.1 Å². The van der Waals surface area contributed by atoms with E-state index in [4.69, 9.17) is 10.8 Å². The standard InChI is InChI=1S/C10H17F2N3O3/c11-8(12)7(16)4-14-9(17)6-2-1-3-15(5-6)10(13)18/h6-8,16H,1-5H2,(H2,13,18)(H,14,17). The predicted octanol–water partition coefficient (Wildman–Crippen LogP) is -0.481. The third kappa shape index (κ3) is 4.10. The van der Waals surface area contributed by atoms with Crippen molar-refractivity contribution in [3.8, 4) is 0 Å². The van der Waals surface area contributed by atoms with E-state index in [0.717, 1.165) is 0 Å². The molecule has 0 aromatic heterocycles. The number of carbonyl (C=O) groups excluding carboxylic acids is 2. The second-order valence-electron chi connectivity index (χ2n) is 4.27. The highest BCUT2D eigenvalue weighted by Crippen LogP contribution is 2.16. The number of primary amides is 1. The first kappa shape index (κ1) is 14.6. The maximum absolute atomic E-state index is 12.0. The number of hydrogen-bond donors (Lipinski definition) is 3. The van der Waals surface area contributed by atoms with E-state index in [9.17, 15) is 18.4 Å². The molecular weight excluding hydrogens is 248 g/mol. The predicted molar refractivity (Wildman–Crippen MR) is 58.9 cm³/mol. The molecule has 0 aliphatic carbocycles. The van der Waals surface area contributed by atoms with Crippen LogP contribution in [0.2, 0.25) is 0 Å². The van der Waals surface area contributed by atoms with E-state index in [2.05, 4.69) is 5.32 Å². The molecule has 2 unspecified atom stereocenters. The summed E-state index contributed by atoms with van der Waals surface area (Å²) >= 11 is 0. The fraction of sp³-hybridized carbons (Fsp3) is 0.800. The number of alkyl halides is 2. The highest BCUT2D eigenvalue weighted by Gasteiger charge is 2.28. The lowest BCUT2D eigenvalue weighted by atomic mass is 9.97. The highest BCUT2D eigenvalue weighted by atomic mass is 19.3. The van der Waals surface area contributed by atoms with Gasteiger partial charge in [-0.1, -0.05) is 0 Å². The van der Waals surface area contributed by atoms with E-state index in [1.807, 2.05) is 0 Å². The smallest absolute Gasteiger partial charge is 0.314 e. The van der Waals surface area contributed by atoms with E-state index >= 15 is 0 Å². The van der Waals surface area contributed by atoms with Crippen molar-refractivity contribution in [2.75, 3.05) is 19.6 Å². The van der Waals surface area contributed by atoms with Crippen molar-refractivity contribution in [3.63, 3.8) is 0 Å². The van der Waals surface area contributed by atoms with Gasteiger partial charge in [-0.2, -0.15) is 0 Å². The molecule has 1 rings (SSSR count). The zero-order chi connectivity index (χ0) is 13.7. The van der Waals surface area contributed by atoms with Crippen LogP contribution in [0.5, 0.6) is 0 Å². The third-order valence-electron chi connectivity index (χ3n) is 2.88. The van der Waals surface area contributed by atoms with Gasteiger partial charge >= 0.3 is 6.03 Å². The monoisotopic (exact) mass is 265 g/mol. The zero-order valence-corrected chi connectivity index (χ0v) is 9.81. The summed E-state index contributed by atoms with van der Waals surface area (Å²) in [6.45, 7) is 0.189. The topological polar surface area (TPSA) is 95.7 Å². The number of nitrogens with zero attached hydrogens (tertiary/aromatic N) is 1. The quantitative estimate of drug-likeness (QED) is 0.640. The largest absolute Gasteiger partial charge is 0.385 e. The molecule has 0 radical (unpaired) electrons. The Kier molecular flexibility index (Phi) is 5.26. The fourth-order valence-corrected chi connectivity index (χ4v) is 1.83. The summed E-state index contributed by atoms with van der Waals surface area (Å²) in [5, 5.41) is 11.1. The van der Waals surface area contributed by atoms with Crippen LogP contribution in [0.1, 0.15) is 12.8 Å². The van der Waals surface area contributed by atoms with Crippen molar-refractivity contribution >= 4 is 11.9 Å². The molecule has 1 fully saturated rings. The van der Waals surface area contributed by atoms with Crippen molar-refractivity contribution in [2.45, 2.75) is 25.4 Å². The van der Waals surface area contributed by atoms with Crippen LogP contribution in [0.25, 0.3) is 0 Å². The minimum absolute atomic E-state index is 0.186. The number of urea groups is 1. The van der Waals surface area contributed by atoms with Crippen molar-refractivity contribution in [1.29, 1.82) is 0 Å². The number of piperidine rings is 1. The van der Waals surface area contributed by atoms with Gasteiger partial charge in [0.15, 0.2) is 0 Å². The Morgan fingerprint density at radius 2 is 2.17 bits per heavy atom. The van der Waals surface area contributed by atoms with Crippen molar-refractivity contribution in [1.82, 2.24) is 10.2 Å². The Balaban J connectivity index is 2.39. The number of likely N-dealkylation sites (tertiary alicyclic amines) is 1. The normalized spacial score (nSPS) is 21.8. The first-order valence-corrected chi connectivity index (χ1v) is 5.70. The fourth-order valence-electron chi connectivity index (χ4n) is 1.83. The van der Waals surface area contributed by atoms with Crippen LogP contribution in [0.4, 0.5) is 13.6 Å². The number of nitrogens with one attached hydrogen (secondary N) is 1. The molecule has 8 heteroatoms. The number of amides is 3. The SMILES string of the molecule is NC(=O)N1CCCC(C(=O)NCC(O)C(F)F)C1. The van der Waals surface area contributed by atoms with Gasteiger partial charge in [-0.05, 0) is 12.8 Å². The Hall–Kier alpha value is -1.44. The maximum Gasteiger partial charge on any atom is 0.314 e. The number of aliphatic hydroxyl groups is 1. The van der Waals surface area contributed by atoms with Gasteiger partial charge in [0.1, 0.15) is 6.10 Å². The van der Waals surface area contributed by atoms with E-state index < -0.39 is 36.9 Å². The van der Waals surface area contributed by atoms with Crippen LogP contribution in [-0.4, -0.2) is 54.1 Å². The Morgan fingerprint density at radius 3 is 2.72 bits per heavy atom. The molecule has 0 aromatic rings. The summed E-state index contributed by atoms with van der Waals surface area (Å²) in [7, 11) is 0. The first-order chi connectivity index (χ1) is 8.41. The minimum Gasteiger partial charge on any atom is -0.385 e. The highest BCUT2D eigenvalue weighted by molar-refractivity contribution is 5.80. The molecule has 0 aromatic carbocycles. The van der Waals surface area contributed by atoms with Crippen molar-refractivity contribution in [2.24, 2.45) is 11.7 Å². The summed E-state index contributed by atoms with van der Waals surface area (Å²) in [6.07, 6.45) is -3.55. The van der Waals surface area contributed by atoms with Crippen LogP contribution in [0.3, 0.4) is 0 Å².